The van der Waals surface area contributed by atoms with Crippen LogP contribution in [-0.4, -0.2) is 49.0 Å². The highest BCUT2D eigenvalue weighted by atomic mass is 32.2. The normalized spacial score (nSPS) is 16.7. The zero-order valence-corrected chi connectivity index (χ0v) is 19.8. The van der Waals surface area contributed by atoms with Crippen LogP contribution in [0.4, 0.5) is 0 Å². The molecule has 1 unspecified atom stereocenters. The van der Waals surface area contributed by atoms with Crippen molar-refractivity contribution in [1.29, 1.82) is 0 Å². The monoisotopic (exact) mass is 461 g/mol. The van der Waals surface area contributed by atoms with Crippen LogP contribution in [0.5, 0.6) is 0 Å². The Labute approximate surface area is 181 Å². The minimum atomic E-state index is -3.02. The van der Waals surface area contributed by atoms with Crippen molar-refractivity contribution in [2.24, 2.45) is 0 Å². The summed E-state index contributed by atoms with van der Waals surface area (Å²) in [6, 6.07) is 0. The van der Waals surface area contributed by atoms with Crippen LogP contribution in [0.15, 0.2) is 4.21 Å². The Morgan fingerprint density at radius 1 is 1.28 bits per heavy atom. The topological polar surface area (TPSA) is 101 Å². The average Bonchev–Trinajstić information content (AvgIpc) is 3.06. The maximum absolute atomic E-state index is 12.6. The maximum Gasteiger partial charge on any atom is 0.262 e. The zero-order chi connectivity index (χ0) is 21.6. The maximum atomic E-state index is 12.6. The van der Waals surface area contributed by atoms with Crippen molar-refractivity contribution in [2.75, 3.05) is 18.6 Å². The summed E-state index contributed by atoms with van der Waals surface area (Å²) in [5, 5.41) is 12.6. The van der Waals surface area contributed by atoms with E-state index in [0.29, 0.717) is 30.6 Å². The third kappa shape index (κ3) is 6.54. The summed E-state index contributed by atoms with van der Waals surface area (Å²) in [4.78, 5) is 25.3. The second-order valence-electron chi connectivity index (χ2n) is 7.67. The molecule has 6 nitrogen and oxygen atoms in total. The van der Waals surface area contributed by atoms with Gasteiger partial charge in [-0.1, -0.05) is 6.42 Å². The van der Waals surface area contributed by atoms with Crippen LogP contribution in [0, 0.1) is 0 Å². The lowest BCUT2D eigenvalue weighted by Crippen LogP contribution is -2.29. The largest absolute Gasteiger partial charge is 0.388 e. The van der Waals surface area contributed by atoms with Crippen LogP contribution in [0.3, 0.4) is 0 Å². The highest BCUT2D eigenvalue weighted by Gasteiger charge is 2.29. The molecular weight excluding hydrogens is 430 g/mol. The molecule has 0 aliphatic heterocycles. The van der Waals surface area contributed by atoms with Gasteiger partial charge in [-0.05, 0) is 57.8 Å². The molecule has 1 aliphatic rings. The first kappa shape index (κ1) is 24.4. The van der Waals surface area contributed by atoms with Gasteiger partial charge in [0.15, 0.2) is 15.6 Å². The fourth-order valence-corrected chi connectivity index (χ4v) is 6.57. The molecule has 1 aliphatic carbocycles. The number of aliphatic hydroxyl groups is 1. The summed E-state index contributed by atoms with van der Waals surface area (Å²) in [6.45, 7) is 3.33. The Balaban J connectivity index is 1.79. The number of hydrogen-bond acceptors (Lipinski definition) is 7. The van der Waals surface area contributed by atoms with E-state index < -0.39 is 15.9 Å². The van der Waals surface area contributed by atoms with E-state index in [1.165, 1.54) is 23.1 Å². The quantitative estimate of drug-likeness (QED) is 0.386. The number of thiophene rings is 1. The van der Waals surface area contributed by atoms with E-state index in [2.05, 4.69) is 5.32 Å². The summed E-state index contributed by atoms with van der Waals surface area (Å²) in [5.41, 5.74) is 1.82. The van der Waals surface area contributed by atoms with Gasteiger partial charge in [0.2, 0.25) is 0 Å². The number of aliphatic hydroxyl groups excluding tert-OH is 1. The first-order valence-electron chi connectivity index (χ1n) is 10.1. The number of carbonyl (C=O) groups is 2. The first-order chi connectivity index (χ1) is 13.7. The van der Waals surface area contributed by atoms with Crippen LogP contribution in [-0.2, 0) is 21.1 Å². The number of Topliss-reactive ketones (excluding diaryl/α,β-unsaturated/α-hetero) is 1. The van der Waals surface area contributed by atoms with Gasteiger partial charge in [0, 0.05) is 12.0 Å². The molecule has 0 aromatic carbocycles. The van der Waals surface area contributed by atoms with Crippen molar-refractivity contribution in [1.82, 2.24) is 5.32 Å². The van der Waals surface area contributed by atoms with E-state index in [4.69, 9.17) is 0 Å². The standard InChI is InChI=1S/C20H31NO5S3/c1-13(2)29(25,26)11-6-4-5-8-14(22)12-21-19(24)18-15-9-7-10-16(23)17(15)20(27-3)28-18/h13,16,23H,4-12H2,1-3H3,(H,21,24). The van der Waals surface area contributed by atoms with Crippen molar-refractivity contribution < 1.29 is 23.1 Å². The highest BCUT2D eigenvalue weighted by molar-refractivity contribution is 8.00. The smallest absolute Gasteiger partial charge is 0.262 e. The molecule has 0 saturated heterocycles. The molecule has 9 heteroatoms. The van der Waals surface area contributed by atoms with E-state index in [9.17, 15) is 23.1 Å². The Morgan fingerprint density at radius 2 is 2.00 bits per heavy atom. The fraction of sp³-hybridized carbons (Fsp3) is 0.700. The number of nitrogens with one attached hydrogen (secondary N) is 1. The molecule has 1 aromatic rings. The van der Waals surface area contributed by atoms with Crippen molar-refractivity contribution in [3.8, 4) is 0 Å². The molecule has 1 atom stereocenters. The molecule has 164 valence electrons. The molecule has 1 aromatic heterocycles. The minimum Gasteiger partial charge on any atom is -0.388 e. The molecule has 0 spiro atoms. The Morgan fingerprint density at radius 3 is 2.66 bits per heavy atom. The summed E-state index contributed by atoms with van der Waals surface area (Å²) in [5.74, 6) is -0.152. The molecule has 0 bridgehead atoms. The highest BCUT2D eigenvalue weighted by Crippen LogP contribution is 2.43. The number of rotatable bonds is 11. The summed E-state index contributed by atoms with van der Waals surface area (Å²) in [7, 11) is -3.02. The number of carbonyl (C=O) groups excluding carboxylic acids is 2. The van der Waals surface area contributed by atoms with Crippen molar-refractivity contribution in [2.45, 2.75) is 74.4 Å². The lowest BCUT2D eigenvalue weighted by molar-refractivity contribution is -0.118. The summed E-state index contributed by atoms with van der Waals surface area (Å²) >= 11 is 2.93. The van der Waals surface area contributed by atoms with Crippen LogP contribution in [0.25, 0.3) is 0 Å². The third-order valence-corrected chi connectivity index (χ3v) is 9.87. The van der Waals surface area contributed by atoms with E-state index in [-0.39, 0.29) is 29.2 Å². The molecule has 0 fully saturated rings. The molecule has 1 amide bonds. The van der Waals surface area contributed by atoms with E-state index in [0.717, 1.165) is 34.6 Å². The van der Waals surface area contributed by atoms with Gasteiger partial charge >= 0.3 is 0 Å². The van der Waals surface area contributed by atoms with Crippen molar-refractivity contribution in [3.63, 3.8) is 0 Å². The lowest BCUT2D eigenvalue weighted by atomic mass is 9.91. The van der Waals surface area contributed by atoms with E-state index in [1.807, 2.05) is 6.26 Å². The predicted octanol–water partition coefficient (Wildman–Crippen LogP) is 3.52. The Kier molecular flexibility index (Phi) is 9.18. The number of sulfone groups is 1. The lowest BCUT2D eigenvalue weighted by Gasteiger charge is -2.19. The van der Waals surface area contributed by atoms with Gasteiger partial charge in [0.25, 0.3) is 5.91 Å². The number of hydrogen-bond donors (Lipinski definition) is 2. The predicted molar refractivity (Wildman–Crippen MR) is 119 cm³/mol. The SMILES string of the molecule is CSc1sc(C(=O)NCC(=O)CCCCCS(=O)(=O)C(C)C)c2c1C(O)CCC2. The molecule has 0 saturated carbocycles. The fourth-order valence-electron chi connectivity index (χ4n) is 3.38. The molecule has 2 rings (SSSR count). The summed E-state index contributed by atoms with van der Waals surface area (Å²) < 4.78 is 24.5. The van der Waals surface area contributed by atoms with Gasteiger partial charge in [-0.2, -0.15) is 0 Å². The van der Waals surface area contributed by atoms with Crippen LogP contribution in [0.1, 0.15) is 79.3 Å². The van der Waals surface area contributed by atoms with Gasteiger partial charge in [0.1, 0.15) is 0 Å². The van der Waals surface area contributed by atoms with Crippen molar-refractivity contribution in [3.05, 3.63) is 16.0 Å². The number of unbranched alkanes of at least 4 members (excludes halogenated alkanes) is 2. The van der Waals surface area contributed by atoms with Crippen LogP contribution < -0.4 is 5.32 Å². The third-order valence-electron chi connectivity index (χ3n) is 5.19. The number of amides is 1. The van der Waals surface area contributed by atoms with Gasteiger partial charge in [0.05, 0.1) is 32.7 Å². The molecule has 29 heavy (non-hydrogen) atoms. The minimum absolute atomic E-state index is 0.0209. The van der Waals surface area contributed by atoms with Gasteiger partial charge in [-0.3, -0.25) is 9.59 Å². The zero-order valence-electron chi connectivity index (χ0n) is 17.3. The number of ketones is 1. The Hall–Kier alpha value is -0.900. The number of fused-ring (bicyclic) bond motifs is 1. The van der Waals surface area contributed by atoms with Crippen LogP contribution in [0.2, 0.25) is 0 Å². The van der Waals surface area contributed by atoms with Crippen molar-refractivity contribution >= 4 is 44.6 Å². The van der Waals surface area contributed by atoms with Gasteiger partial charge in [-0.15, -0.1) is 23.1 Å². The van der Waals surface area contributed by atoms with Crippen LogP contribution >= 0.6 is 23.1 Å². The molecule has 1 heterocycles. The van der Waals surface area contributed by atoms with Gasteiger partial charge < -0.3 is 10.4 Å². The first-order valence-corrected chi connectivity index (χ1v) is 13.8. The number of thioether (sulfide) groups is 1. The van der Waals surface area contributed by atoms with Gasteiger partial charge in [-0.25, -0.2) is 8.42 Å². The second-order valence-corrected chi connectivity index (χ2v) is 12.4. The molecule has 2 N–H and O–H groups in total. The molecule has 0 radical (unpaired) electrons. The average molecular weight is 462 g/mol. The van der Waals surface area contributed by atoms with E-state index >= 15 is 0 Å². The van der Waals surface area contributed by atoms with E-state index in [1.54, 1.807) is 13.8 Å². The second kappa shape index (κ2) is 10.9. The summed E-state index contributed by atoms with van der Waals surface area (Å²) in [6.07, 6.45) is 5.96. The molecular formula is C20H31NO5S3. The Bertz CT molecular complexity index is 829.